The lowest BCUT2D eigenvalue weighted by Crippen LogP contribution is -2.26. The fraction of sp³-hybridized carbons (Fsp3) is 0.514. The van der Waals surface area contributed by atoms with Crippen LogP contribution in [0.15, 0.2) is 60.7 Å². The fourth-order valence-electron chi connectivity index (χ4n) is 6.31. The van der Waals surface area contributed by atoms with Gasteiger partial charge >= 0.3 is 0 Å². The minimum absolute atomic E-state index is 0.277. The van der Waals surface area contributed by atoms with E-state index in [1.165, 1.54) is 64.6 Å². The third-order valence-corrected chi connectivity index (χ3v) is 9.76. The molecule has 4 rings (SSSR count). The molecule has 38 heavy (non-hydrogen) atoms. The van der Waals surface area contributed by atoms with E-state index >= 15 is 0 Å². The second-order valence-electron chi connectivity index (χ2n) is 11.8. The van der Waals surface area contributed by atoms with Crippen LogP contribution in [0.2, 0.25) is 0 Å². The number of aryl methyl sites for hydroxylation is 2. The van der Waals surface area contributed by atoms with Crippen molar-refractivity contribution in [2.24, 2.45) is 11.3 Å². The van der Waals surface area contributed by atoms with Crippen LogP contribution in [-0.2, 0) is 12.8 Å². The second kappa shape index (κ2) is 13.0. The van der Waals surface area contributed by atoms with Crippen molar-refractivity contribution >= 4 is 0 Å². The van der Waals surface area contributed by atoms with Gasteiger partial charge in [-0.05, 0) is 108 Å². The first-order chi connectivity index (χ1) is 18.5. The lowest BCUT2D eigenvalue weighted by Gasteiger charge is -2.31. The Morgan fingerprint density at radius 1 is 0.658 bits per heavy atom. The molecule has 1 saturated carbocycles. The van der Waals surface area contributed by atoms with Crippen molar-refractivity contribution in [2.45, 2.75) is 105 Å². The average Bonchev–Trinajstić information content (AvgIpc) is 2.98. The van der Waals surface area contributed by atoms with Crippen LogP contribution in [0.1, 0.15) is 109 Å². The van der Waals surface area contributed by atoms with Gasteiger partial charge in [0.1, 0.15) is 5.75 Å². The summed E-state index contributed by atoms with van der Waals surface area (Å²) < 4.78 is 6.54. The zero-order valence-corrected chi connectivity index (χ0v) is 24.9. The monoisotopic (exact) mass is 510 g/mol. The largest absolute Gasteiger partial charge is 0.493 e. The normalized spacial score (nSPS) is 17.9. The summed E-state index contributed by atoms with van der Waals surface area (Å²) in [5.74, 6) is 2.73. The topological polar surface area (TPSA) is 9.23 Å². The van der Waals surface area contributed by atoms with E-state index in [1.807, 2.05) is 0 Å². The van der Waals surface area contributed by atoms with Crippen LogP contribution in [0.3, 0.4) is 0 Å². The number of ether oxygens (including phenoxy) is 1. The van der Waals surface area contributed by atoms with E-state index in [1.54, 1.807) is 0 Å². The molecule has 3 aromatic rings. The summed E-state index contributed by atoms with van der Waals surface area (Å²) >= 11 is 0. The van der Waals surface area contributed by atoms with E-state index in [9.17, 15) is 0 Å². The Balaban J connectivity index is 1.53. The molecule has 0 N–H and O–H groups in total. The van der Waals surface area contributed by atoms with Gasteiger partial charge < -0.3 is 4.74 Å². The molecule has 0 heterocycles. The predicted molar refractivity (Wildman–Crippen MR) is 165 cm³/mol. The number of benzene rings is 3. The maximum Gasteiger partial charge on any atom is 0.122 e. The Hall–Kier alpha value is -2.54. The standard InChI is InChI=1S/C37H50O/c1-7-28-25-36(38-26-37(9-3,10-4)11-5)29(8-2)24-35(28)34-22-20-33(21-23-34)32-18-16-31(17-19-32)30-14-12-27(6)13-15-30/h16-25,27,30H,7-15,26H2,1-6H3. The Kier molecular flexibility index (Phi) is 9.74. The van der Waals surface area contributed by atoms with E-state index in [-0.39, 0.29) is 5.41 Å². The maximum absolute atomic E-state index is 6.54. The van der Waals surface area contributed by atoms with Crippen molar-refractivity contribution < 1.29 is 4.74 Å². The van der Waals surface area contributed by atoms with Crippen LogP contribution in [-0.4, -0.2) is 6.61 Å². The molecular formula is C37H50O. The summed E-state index contributed by atoms with van der Waals surface area (Å²) in [5, 5.41) is 0. The van der Waals surface area contributed by atoms with Gasteiger partial charge in [0, 0.05) is 5.41 Å². The molecule has 0 bridgehead atoms. The minimum atomic E-state index is 0.277. The highest BCUT2D eigenvalue weighted by Gasteiger charge is 2.25. The fourth-order valence-corrected chi connectivity index (χ4v) is 6.31. The van der Waals surface area contributed by atoms with E-state index in [2.05, 4.69) is 102 Å². The third kappa shape index (κ3) is 6.36. The third-order valence-electron chi connectivity index (χ3n) is 9.76. The Morgan fingerprint density at radius 2 is 1.18 bits per heavy atom. The van der Waals surface area contributed by atoms with Gasteiger partial charge in [0.15, 0.2) is 0 Å². The van der Waals surface area contributed by atoms with Crippen LogP contribution in [0.25, 0.3) is 22.3 Å². The highest BCUT2D eigenvalue weighted by atomic mass is 16.5. The van der Waals surface area contributed by atoms with Crippen molar-refractivity contribution in [1.29, 1.82) is 0 Å². The van der Waals surface area contributed by atoms with Crippen LogP contribution in [0, 0.1) is 11.3 Å². The lowest BCUT2D eigenvalue weighted by molar-refractivity contribution is 0.127. The number of hydrogen-bond acceptors (Lipinski definition) is 1. The second-order valence-corrected chi connectivity index (χ2v) is 11.8. The first-order valence-electron chi connectivity index (χ1n) is 15.4. The summed E-state index contributed by atoms with van der Waals surface area (Å²) in [6.45, 7) is 14.6. The smallest absolute Gasteiger partial charge is 0.122 e. The summed E-state index contributed by atoms with van der Waals surface area (Å²) in [4.78, 5) is 0. The SMILES string of the molecule is CCc1cc(-c2ccc(-c3ccc(C4CCC(C)CC4)cc3)cc2)c(CC)cc1OCC(CC)(CC)CC. The first kappa shape index (κ1) is 28.5. The van der Waals surface area contributed by atoms with Gasteiger partial charge in [0.2, 0.25) is 0 Å². The van der Waals surface area contributed by atoms with Crippen LogP contribution < -0.4 is 4.74 Å². The molecule has 0 saturated heterocycles. The molecule has 0 aromatic heterocycles. The molecule has 0 aliphatic heterocycles. The summed E-state index contributed by atoms with van der Waals surface area (Å²) in [6, 6.07) is 23.3. The molecule has 1 heteroatoms. The quantitative estimate of drug-likeness (QED) is 0.249. The van der Waals surface area contributed by atoms with E-state index in [0.29, 0.717) is 0 Å². The van der Waals surface area contributed by atoms with Crippen LogP contribution in [0.5, 0.6) is 5.75 Å². The zero-order chi connectivity index (χ0) is 27.1. The molecular weight excluding hydrogens is 460 g/mol. The van der Waals surface area contributed by atoms with Crippen LogP contribution in [0.4, 0.5) is 0 Å². The van der Waals surface area contributed by atoms with Gasteiger partial charge in [-0.15, -0.1) is 0 Å². The molecule has 3 aromatic carbocycles. The number of rotatable bonds is 11. The maximum atomic E-state index is 6.54. The minimum Gasteiger partial charge on any atom is -0.493 e. The van der Waals surface area contributed by atoms with E-state index in [0.717, 1.165) is 56.3 Å². The van der Waals surface area contributed by atoms with Crippen molar-refractivity contribution in [1.82, 2.24) is 0 Å². The molecule has 1 aliphatic rings. The molecule has 0 radical (unpaired) electrons. The predicted octanol–water partition coefficient (Wildman–Crippen LogP) is 11.0. The zero-order valence-electron chi connectivity index (χ0n) is 24.9. The van der Waals surface area contributed by atoms with Gasteiger partial charge in [-0.25, -0.2) is 0 Å². The van der Waals surface area contributed by atoms with Crippen molar-refractivity contribution in [2.75, 3.05) is 6.61 Å². The highest BCUT2D eigenvalue weighted by molar-refractivity contribution is 5.74. The van der Waals surface area contributed by atoms with Gasteiger partial charge in [-0.3, -0.25) is 0 Å². The van der Waals surface area contributed by atoms with Gasteiger partial charge in [0.05, 0.1) is 6.61 Å². The Morgan fingerprint density at radius 3 is 1.71 bits per heavy atom. The Labute approximate surface area is 233 Å². The summed E-state index contributed by atoms with van der Waals surface area (Å²) in [5.41, 5.74) is 9.72. The van der Waals surface area contributed by atoms with Crippen molar-refractivity contribution in [3.05, 3.63) is 77.4 Å². The molecule has 0 atom stereocenters. The molecule has 1 aliphatic carbocycles. The van der Waals surface area contributed by atoms with Crippen molar-refractivity contribution in [3.63, 3.8) is 0 Å². The molecule has 1 nitrogen and oxygen atoms in total. The molecule has 0 spiro atoms. The first-order valence-corrected chi connectivity index (χ1v) is 15.4. The number of hydrogen-bond donors (Lipinski definition) is 0. The van der Waals surface area contributed by atoms with Crippen molar-refractivity contribution in [3.8, 4) is 28.0 Å². The lowest BCUT2D eigenvalue weighted by atomic mass is 9.79. The molecule has 0 amide bonds. The molecule has 0 unspecified atom stereocenters. The van der Waals surface area contributed by atoms with Crippen LogP contribution >= 0.6 is 0 Å². The van der Waals surface area contributed by atoms with Gasteiger partial charge in [0.25, 0.3) is 0 Å². The average molecular weight is 511 g/mol. The van der Waals surface area contributed by atoms with Gasteiger partial charge in [-0.1, -0.05) is 103 Å². The Bertz CT molecular complexity index is 1130. The molecule has 204 valence electrons. The summed E-state index contributed by atoms with van der Waals surface area (Å²) in [6.07, 6.45) is 10.9. The van der Waals surface area contributed by atoms with Gasteiger partial charge in [-0.2, -0.15) is 0 Å². The summed E-state index contributed by atoms with van der Waals surface area (Å²) in [7, 11) is 0. The molecule has 1 fully saturated rings. The van der Waals surface area contributed by atoms with E-state index < -0.39 is 0 Å². The highest BCUT2D eigenvalue weighted by Crippen LogP contribution is 2.38. The van der Waals surface area contributed by atoms with E-state index in [4.69, 9.17) is 4.74 Å².